The number of hydrogen-bond donors (Lipinski definition) is 3. The van der Waals surface area contributed by atoms with E-state index in [-0.39, 0.29) is 17.0 Å². The van der Waals surface area contributed by atoms with E-state index in [1.165, 1.54) is 37.7 Å². The number of carbonyl (C=O) groups excluding carboxylic acids is 1. The Bertz CT molecular complexity index is 816. The Morgan fingerprint density at radius 3 is 2.74 bits per heavy atom. The van der Waals surface area contributed by atoms with Crippen molar-refractivity contribution < 1.29 is 17.9 Å². The van der Waals surface area contributed by atoms with E-state index >= 15 is 0 Å². The summed E-state index contributed by atoms with van der Waals surface area (Å²) in [5, 5.41) is 5.51. The first-order valence-corrected chi connectivity index (χ1v) is 10.9. The van der Waals surface area contributed by atoms with E-state index in [9.17, 15) is 13.2 Å². The van der Waals surface area contributed by atoms with Gasteiger partial charge in [0.15, 0.2) is 0 Å². The molecule has 27 heavy (non-hydrogen) atoms. The minimum Gasteiger partial charge on any atom is -0.495 e. The molecule has 0 unspecified atom stereocenters. The number of anilines is 1. The Balaban J connectivity index is 1.61. The topological polar surface area (TPSA) is 96.5 Å². The first-order valence-electron chi connectivity index (χ1n) is 9.41. The summed E-state index contributed by atoms with van der Waals surface area (Å²) in [6.45, 7) is 0.543. The lowest BCUT2D eigenvalue weighted by atomic mass is 9.97. The molecule has 0 aromatic heterocycles. The van der Waals surface area contributed by atoms with Gasteiger partial charge in [-0.3, -0.25) is 0 Å². The van der Waals surface area contributed by atoms with Gasteiger partial charge in [0, 0.05) is 12.6 Å². The second-order valence-electron chi connectivity index (χ2n) is 7.00. The molecule has 0 radical (unpaired) electrons. The summed E-state index contributed by atoms with van der Waals surface area (Å²) in [6.07, 6.45) is 9.49. The summed E-state index contributed by atoms with van der Waals surface area (Å²) in [5.41, 5.74) is 1.71. The number of ether oxygens (including phenoxy) is 1. The zero-order valence-corrected chi connectivity index (χ0v) is 16.4. The van der Waals surface area contributed by atoms with Gasteiger partial charge in [0.2, 0.25) is 10.0 Å². The fourth-order valence-electron chi connectivity index (χ4n) is 3.08. The molecule has 8 heteroatoms. The number of methoxy groups -OCH3 is 1. The molecule has 3 rings (SSSR count). The summed E-state index contributed by atoms with van der Waals surface area (Å²) >= 11 is 0. The number of allylic oxidation sites excluding steroid dienone is 1. The van der Waals surface area contributed by atoms with Crippen LogP contribution in [0.5, 0.6) is 5.75 Å². The van der Waals surface area contributed by atoms with Crippen molar-refractivity contribution in [2.75, 3.05) is 19.0 Å². The average molecular weight is 394 g/mol. The first kappa shape index (κ1) is 19.7. The number of benzene rings is 1. The Hall–Kier alpha value is -2.06. The fourth-order valence-corrected chi connectivity index (χ4v) is 4.41. The van der Waals surface area contributed by atoms with E-state index in [1.54, 1.807) is 6.07 Å². The largest absolute Gasteiger partial charge is 0.495 e. The molecule has 7 nitrogen and oxygen atoms in total. The maximum Gasteiger partial charge on any atom is 0.319 e. The molecule has 0 bridgehead atoms. The van der Waals surface area contributed by atoms with Gasteiger partial charge >= 0.3 is 6.03 Å². The predicted octanol–water partition coefficient (Wildman–Crippen LogP) is 3.15. The number of hydrogen-bond acceptors (Lipinski definition) is 4. The summed E-state index contributed by atoms with van der Waals surface area (Å²) in [5.74, 6) is 0.408. The molecule has 0 saturated heterocycles. The van der Waals surface area contributed by atoms with Crippen molar-refractivity contribution >= 4 is 21.7 Å². The lowest BCUT2D eigenvalue weighted by Gasteiger charge is -2.15. The molecular formula is C19H27N3O4S. The zero-order chi connectivity index (χ0) is 19.3. The molecule has 2 amide bonds. The van der Waals surface area contributed by atoms with E-state index in [2.05, 4.69) is 21.4 Å². The SMILES string of the molecule is COc1ccc(S(=O)(=O)NC2CC2)cc1NC(=O)NCCC1=CCCCC1. The van der Waals surface area contributed by atoms with E-state index in [0.29, 0.717) is 18.0 Å². The minimum absolute atomic E-state index is 0.0194. The molecule has 2 aliphatic carbocycles. The van der Waals surface area contributed by atoms with Crippen LogP contribution in [0.25, 0.3) is 0 Å². The van der Waals surface area contributed by atoms with Crippen molar-refractivity contribution in [3.05, 3.63) is 29.8 Å². The van der Waals surface area contributed by atoms with Crippen molar-refractivity contribution in [1.82, 2.24) is 10.0 Å². The predicted molar refractivity (Wildman–Crippen MR) is 105 cm³/mol. The first-order chi connectivity index (χ1) is 13.0. The summed E-state index contributed by atoms with van der Waals surface area (Å²) < 4.78 is 32.6. The van der Waals surface area contributed by atoms with Crippen LogP contribution < -0.4 is 20.1 Å². The number of sulfonamides is 1. The molecular weight excluding hydrogens is 366 g/mol. The third kappa shape index (κ3) is 5.71. The molecule has 1 aromatic carbocycles. The van der Waals surface area contributed by atoms with Crippen LogP contribution in [0.15, 0.2) is 34.7 Å². The second-order valence-corrected chi connectivity index (χ2v) is 8.71. The molecule has 1 aromatic rings. The van der Waals surface area contributed by atoms with Gasteiger partial charge in [-0.25, -0.2) is 17.9 Å². The Kier molecular flexibility index (Phi) is 6.38. The number of amides is 2. The smallest absolute Gasteiger partial charge is 0.319 e. The van der Waals surface area contributed by atoms with Crippen LogP contribution in [0.1, 0.15) is 44.9 Å². The third-order valence-corrected chi connectivity index (χ3v) is 6.26. The van der Waals surface area contributed by atoms with Gasteiger partial charge in [-0.15, -0.1) is 0 Å². The van der Waals surface area contributed by atoms with E-state index in [1.807, 2.05) is 0 Å². The van der Waals surface area contributed by atoms with Crippen molar-refractivity contribution in [3.63, 3.8) is 0 Å². The number of rotatable bonds is 8. The highest BCUT2D eigenvalue weighted by atomic mass is 32.2. The van der Waals surface area contributed by atoms with Crippen molar-refractivity contribution in [3.8, 4) is 5.75 Å². The van der Waals surface area contributed by atoms with E-state index < -0.39 is 10.0 Å². The van der Waals surface area contributed by atoms with Crippen LogP contribution in [0.2, 0.25) is 0 Å². The maximum atomic E-state index is 12.4. The van der Waals surface area contributed by atoms with Gasteiger partial charge in [-0.05, 0) is 63.1 Å². The summed E-state index contributed by atoms with van der Waals surface area (Å²) in [4.78, 5) is 12.3. The normalized spacial score (nSPS) is 17.1. The third-order valence-electron chi connectivity index (χ3n) is 4.75. The van der Waals surface area contributed by atoms with Crippen molar-refractivity contribution in [2.45, 2.75) is 55.9 Å². The maximum absolute atomic E-state index is 12.4. The molecule has 1 saturated carbocycles. The fraction of sp³-hybridized carbons (Fsp3) is 0.526. The van der Waals surface area contributed by atoms with Gasteiger partial charge in [0.1, 0.15) is 5.75 Å². The van der Waals surface area contributed by atoms with Crippen molar-refractivity contribution in [1.29, 1.82) is 0 Å². The summed E-state index contributed by atoms with van der Waals surface area (Å²) in [6, 6.07) is 4.08. The van der Waals surface area contributed by atoms with Crippen LogP contribution >= 0.6 is 0 Å². The number of carbonyl (C=O) groups is 1. The molecule has 0 heterocycles. The highest BCUT2D eigenvalue weighted by molar-refractivity contribution is 7.89. The quantitative estimate of drug-likeness (QED) is 0.591. The lowest BCUT2D eigenvalue weighted by Crippen LogP contribution is -2.30. The molecule has 0 atom stereocenters. The highest BCUT2D eigenvalue weighted by Crippen LogP contribution is 2.29. The van der Waals surface area contributed by atoms with E-state index in [4.69, 9.17) is 4.74 Å². The number of urea groups is 1. The summed E-state index contributed by atoms with van der Waals surface area (Å²) in [7, 11) is -2.12. The van der Waals surface area contributed by atoms with Crippen LogP contribution in [0.4, 0.5) is 10.5 Å². The average Bonchev–Trinajstić information content (AvgIpc) is 3.46. The van der Waals surface area contributed by atoms with Crippen molar-refractivity contribution in [2.24, 2.45) is 0 Å². The Morgan fingerprint density at radius 2 is 2.07 bits per heavy atom. The minimum atomic E-state index is -3.60. The Labute approximate surface area is 160 Å². The van der Waals surface area contributed by atoms with Crippen LogP contribution in [0.3, 0.4) is 0 Å². The zero-order valence-electron chi connectivity index (χ0n) is 15.6. The van der Waals surface area contributed by atoms with Crippen LogP contribution in [-0.4, -0.2) is 34.1 Å². The second kappa shape index (κ2) is 8.75. The molecule has 1 fully saturated rings. The van der Waals surface area contributed by atoms with Gasteiger partial charge in [0.05, 0.1) is 17.7 Å². The monoisotopic (exact) mass is 393 g/mol. The van der Waals surface area contributed by atoms with Crippen LogP contribution in [0, 0.1) is 0 Å². The lowest BCUT2D eigenvalue weighted by molar-refractivity contribution is 0.252. The van der Waals surface area contributed by atoms with Gasteiger partial charge < -0.3 is 15.4 Å². The molecule has 2 aliphatic rings. The molecule has 0 aliphatic heterocycles. The van der Waals surface area contributed by atoms with Gasteiger partial charge in [-0.2, -0.15) is 0 Å². The van der Waals surface area contributed by atoms with E-state index in [0.717, 1.165) is 32.1 Å². The Morgan fingerprint density at radius 1 is 1.26 bits per heavy atom. The molecule has 3 N–H and O–H groups in total. The molecule has 0 spiro atoms. The van der Waals surface area contributed by atoms with Crippen LogP contribution in [-0.2, 0) is 10.0 Å². The van der Waals surface area contributed by atoms with Gasteiger partial charge in [0.25, 0.3) is 0 Å². The molecule has 148 valence electrons. The standard InChI is InChI=1S/C19H27N3O4S/c1-26-18-10-9-16(27(24,25)22-15-7-8-15)13-17(18)21-19(23)20-12-11-14-5-3-2-4-6-14/h5,9-10,13,15,22H,2-4,6-8,11-12H2,1H3,(H2,20,21,23). The van der Waals surface area contributed by atoms with Gasteiger partial charge in [-0.1, -0.05) is 11.6 Å². The highest BCUT2D eigenvalue weighted by Gasteiger charge is 2.28. The number of nitrogens with one attached hydrogen (secondary N) is 3.